The maximum atomic E-state index is 13.2. The van der Waals surface area contributed by atoms with Crippen molar-refractivity contribution < 1.29 is 18.7 Å². The summed E-state index contributed by atoms with van der Waals surface area (Å²) in [6.45, 7) is 3.95. The summed E-state index contributed by atoms with van der Waals surface area (Å²) in [5.41, 5.74) is 4.39. The molecule has 0 radical (unpaired) electrons. The summed E-state index contributed by atoms with van der Waals surface area (Å²) >= 11 is 0. The number of rotatable bonds is 6. The van der Waals surface area contributed by atoms with Crippen LogP contribution in [0.3, 0.4) is 0 Å². The highest BCUT2D eigenvalue weighted by molar-refractivity contribution is 5.97. The fourth-order valence-electron chi connectivity index (χ4n) is 4.01. The van der Waals surface area contributed by atoms with E-state index in [9.17, 15) is 18.7 Å². The van der Waals surface area contributed by atoms with E-state index in [1.165, 1.54) is 6.33 Å². The van der Waals surface area contributed by atoms with Crippen LogP contribution in [0.2, 0.25) is 0 Å². The zero-order chi connectivity index (χ0) is 23.3. The van der Waals surface area contributed by atoms with Crippen molar-refractivity contribution in [3.05, 3.63) is 48.2 Å². The van der Waals surface area contributed by atoms with Gasteiger partial charge in [-0.2, -0.15) is 5.10 Å². The van der Waals surface area contributed by atoms with Crippen LogP contribution >= 0.6 is 0 Å². The van der Waals surface area contributed by atoms with Crippen molar-refractivity contribution >= 4 is 28.3 Å². The van der Waals surface area contributed by atoms with Crippen molar-refractivity contribution in [3.8, 4) is 11.1 Å². The molecule has 1 fully saturated rings. The van der Waals surface area contributed by atoms with Crippen molar-refractivity contribution in [1.29, 1.82) is 0 Å². The SMILES string of the molecule is CCC[C@H](O)c1cc(C)c(-c2cc3cnc(NC(=O)C4CC4(F)F)cc3n3ncnc23)cn1. The zero-order valence-electron chi connectivity index (χ0n) is 18.1. The Balaban J connectivity index is 1.54. The molecule has 0 spiro atoms. The van der Waals surface area contributed by atoms with Crippen molar-refractivity contribution in [2.45, 2.75) is 45.1 Å². The number of anilines is 1. The van der Waals surface area contributed by atoms with Gasteiger partial charge in [0.2, 0.25) is 5.91 Å². The summed E-state index contributed by atoms with van der Waals surface area (Å²) in [5.74, 6) is -4.82. The van der Waals surface area contributed by atoms with Gasteiger partial charge in [-0.1, -0.05) is 13.3 Å². The first-order chi connectivity index (χ1) is 15.8. The van der Waals surface area contributed by atoms with Gasteiger partial charge in [0.25, 0.3) is 5.92 Å². The Labute approximate surface area is 187 Å². The van der Waals surface area contributed by atoms with Crippen LogP contribution in [0.5, 0.6) is 0 Å². The number of aliphatic hydroxyl groups excluding tert-OH is 1. The van der Waals surface area contributed by atoms with Gasteiger partial charge >= 0.3 is 0 Å². The van der Waals surface area contributed by atoms with Gasteiger partial charge in [0.1, 0.15) is 18.1 Å². The Morgan fingerprint density at radius 1 is 1.24 bits per heavy atom. The second-order valence-electron chi connectivity index (χ2n) is 8.42. The molecule has 1 saturated carbocycles. The third kappa shape index (κ3) is 3.80. The molecule has 33 heavy (non-hydrogen) atoms. The van der Waals surface area contributed by atoms with Gasteiger partial charge < -0.3 is 10.4 Å². The number of hydrogen-bond acceptors (Lipinski definition) is 6. The summed E-state index contributed by atoms with van der Waals surface area (Å²) in [5, 5.41) is 17.8. The molecule has 1 aliphatic rings. The maximum Gasteiger partial charge on any atom is 0.260 e. The van der Waals surface area contributed by atoms with Gasteiger partial charge in [-0.25, -0.2) is 23.3 Å². The van der Waals surface area contributed by atoms with Gasteiger partial charge in [0, 0.05) is 41.4 Å². The van der Waals surface area contributed by atoms with E-state index in [1.54, 1.807) is 23.0 Å². The minimum Gasteiger partial charge on any atom is -0.387 e. The van der Waals surface area contributed by atoms with Gasteiger partial charge in [-0.3, -0.25) is 9.78 Å². The second-order valence-corrected chi connectivity index (χ2v) is 8.42. The molecule has 0 aliphatic heterocycles. The number of carbonyl (C=O) groups is 1. The standard InChI is InChI=1S/C23H22F2N6O2/c1-3-4-19(32)17-5-12(2)15(10-26-17)14-6-13-9-27-20(30-22(33)16-8-23(16,24)25)7-18(13)31-21(14)28-11-29-31/h5-7,9-11,16,19,32H,3-4,8H2,1-2H3,(H,27,30,33)/t16?,19-/m0/s1. The maximum absolute atomic E-state index is 13.2. The first-order valence-electron chi connectivity index (χ1n) is 10.7. The van der Waals surface area contributed by atoms with Crippen molar-refractivity contribution in [3.63, 3.8) is 0 Å². The van der Waals surface area contributed by atoms with E-state index in [2.05, 4.69) is 25.4 Å². The predicted octanol–water partition coefficient (Wildman–Crippen LogP) is 4.08. The van der Waals surface area contributed by atoms with Crippen LogP contribution in [-0.2, 0) is 4.79 Å². The number of aromatic nitrogens is 5. The molecular formula is C23H22F2N6O2. The number of aliphatic hydroxyl groups is 1. The van der Waals surface area contributed by atoms with Crippen LogP contribution in [0.15, 0.2) is 36.9 Å². The molecule has 2 N–H and O–H groups in total. The predicted molar refractivity (Wildman–Crippen MR) is 118 cm³/mol. The summed E-state index contributed by atoms with van der Waals surface area (Å²) in [4.78, 5) is 25.1. The number of aryl methyl sites for hydroxylation is 1. The van der Waals surface area contributed by atoms with Gasteiger partial charge in [-0.15, -0.1) is 0 Å². The lowest BCUT2D eigenvalue weighted by Crippen LogP contribution is -2.18. The van der Waals surface area contributed by atoms with E-state index in [0.717, 1.165) is 28.5 Å². The Hall–Kier alpha value is -3.53. The molecule has 5 rings (SSSR count). The number of hydrogen-bond donors (Lipinski definition) is 2. The molecule has 4 aromatic rings. The first kappa shape index (κ1) is 21.3. The summed E-state index contributed by atoms with van der Waals surface area (Å²) in [7, 11) is 0. The molecule has 0 aromatic carbocycles. The molecule has 10 heteroatoms. The topological polar surface area (TPSA) is 105 Å². The van der Waals surface area contributed by atoms with Gasteiger partial charge in [0.05, 0.1) is 17.3 Å². The number of halogens is 2. The summed E-state index contributed by atoms with van der Waals surface area (Å²) in [6.07, 6.45) is 5.14. The van der Waals surface area contributed by atoms with Crippen LogP contribution < -0.4 is 5.32 Å². The third-order valence-corrected chi connectivity index (χ3v) is 5.95. The molecule has 4 heterocycles. The number of nitrogens with one attached hydrogen (secondary N) is 1. The number of carbonyl (C=O) groups excluding carboxylic acids is 1. The molecule has 1 unspecified atom stereocenters. The smallest absolute Gasteiger partial charge is 0.260 e. The summed E-state index contributed by atoms with van der Waals surface area (Å²) in [6, 6.07) is 5.37. The second kappa shape index (κ2) is 7.80. The molecule has 170 valence electrons. The monoisotopic (exact) mass is 452 g/mol. The molecule has 0 saturated heterocycles. The van der Waals surface area contributed by atoms with Gasteiger partial charge in [-0.05, 0) is 31.0 Å². The highest BCUT2D eigenvalue weighted by Gasteiger charge is 2.61. The number of pyridine rings is 3. The van der Waals surface area contributed by atoms with Crippen LogP contribution in [0.25, 0.3) is 27.7 Å². The van der Waals surface area contributed by atoms with Crippen molar-refractivity contribution in [1.82, 2.24) is 24.6 Å². The molecule has 0 bridgehead atoms. The van der Waals surface area contributed by atoms with E-state index in [-0.39, 0.29) is 5.82 Å². The molecule has 4 aromatic heterocycles. The zero-order valence-corrected chi connectivity index (χ0v) is 18.1. The fraction of sp³-hybridized carbons (Fsp3) is 0.348. The van der Waals surface area contributed by atoms with Crippen LogP contribution in [0.1, 0.15) is 43.5 Å². The average molecular weight is 452 g/mol. The molecule has 1 amide bonds. The quantitative estimate of drug-likeness (QED) is 0.457. The van der Waals surface area contributed by atoms with E-state index < -0.39 is 30.3 Å². The van der Waals surface area contributed by atoms with Crippen LogP contribution in [0.4, 0.5) is 14.6 Å². The minimum absolute atomic E-state index is 0.173. The molecule has 8 nitrogen and oxygen atoms in total. The normalized spacial score (nSPS) is 17.9. The minimum atomic E-state index is -2.94. The summed E-state index contributed by atoms with van der Waals surface area (Å²) < 4.78 is 28.0. The van der Waals surface area contributed by atoms with E-state index in [0.29, 0.717) is 23.3 Å². The number of fused-ring (bicyclic) bond motifs is 3. The molecule has 2 atom stereocenters. The molecular weight excluding hydrogens is 430 g/mol. The first-order valence-corrected chi connectivity index (χ1v) is 10.7. The van der Waals surface area contributed by atoms with E-state index >= 15 is 0 Å². The Kier molecular flexibility index (Phi) is 5.04. The lowest BCUT2D eigenvalue weighted by molar-refractivity contribution is -0.119. The largest absolute Gasteiger partial charge is 0.387 e. The Morgan fingerprint density at radius 3 is 2.73 bits per heavy atom. The fourth-order valence-corrected chi connectivity index (χ4v) is 4.01. The lowest BCUT2D eigenvalue weighted by atomic mass is 10.00. The Morgan fingerprint density at radius 2 is 2.03 bits per heavy atom. The van der Waals surface area contributed by atoms with Crippen molar-refractivity contribution in [2.75, 3.05) is 5.32 Å². The molecule has 1 aliphatic carbocycles. The van der Waals surface area contributed by atoms with Gasteiger partial charge in [0.15, 0.2) is 5.65 Å². The van der Waals surface area contributed by atoms with Crippen LogP contribution in [-0.4, -0.2) is 41.5 Å². The third-order valence-electron chi connectivity index (χ3n) is 5.95. The van der Waals surface area contributed by atoms with E-state index in [1.807, 2.05) is 26.0 Å². The Bertz CT molecular complexity index is 1390. The van der Waals surface area contributed by atoms with Crippen LogP contribution in [0, 0.1) is 12.8 Å². The average Bonchev–Trinajstić information content (AvgIpc) is 3.18. The number of amides is 1. The highest BCUT2D eigenvalue weighted by atomic mass is 19.3. The van der Waals surface area contributed by atoms with Crippen molar-refractivity contribution in [2.24, 2.45) is 5.92 Å². The lowest BCUT2D eigenvalue weighted by Gasteiger charge is -2.14. The van der Waals surface area contributed by atoms with E-state index in [4.69, 9.17) is 0 Å². The number of nitrogens with zero attached hydrogens (tertiary/aromatic N) is 5. The highest BCUT2D eigenvalue weighted by Crippen LogP contribution is 2.49. The number of alkyl halides is 2.